The largest absolute Gasteiger partial charge is 0.423 e. The monoisotopic (exact) mass is 318 g/mol. The van der Waals surface area contributed by atoms with Crippen LogP contribution < -0.4 is 15.7 Å². The number of fused-ring (bicyclic) bond motifs is 1. The van der Waals surface area contributed by atoms with E-state index < -0.39 is 15.6 Å². The van der Waals surface area contributed by atoms with Crippen LogP contribution in [0.4, 0.5) is 0 Å². The molecule has 0 aliphatic carbocycles. The summed E-state index contributed by atoms with van der Waals surface area (Å²) >= 11 is 0. The number of sulfonamides is 1. The lowest BCUT2D eigenvalue weighted by atomic mass is 10.2. The van der Waals surface area contributed by atoms with Crippen LogP contribution in [-0.2, 0) is 10.0 Å². The Morgan fingerprint density at radius 1 is 1.15 bits per heavy atom. The first-order valence-corrected chi connectivity index (χ1v) is 7.19. The van der Waals surface area contributed by atoms with Crippen LogP contribution in [0.5, 0.6) is 0 Å². The van der Waals surface area contributed by atoms with Crippen molar-refractivity contribution >= 4 is 33.4 Å². The smallest absolute Gasteiger partial charge is 0.336 e. The third-order valence-electron chi connectivity index (χ3n) is 2.57. The minimum absolute atomic E-state index is 0. The minimum atomic E-state index is -3.54. The predicted octanol–water partition coefficient (Wildman–Crippen LogP) is 0.713. The van der Waals surface area contributed by atoms with E-state index in [-0.39, 0.29) is 17.3 Å². The molecule has 0 amide bonds. The molecule has 2 aromatic rings. The van der Waals surface area contributed by atoms with Crippen molar-refractivity contribution in [3.05, 3.63) is 40.8 Å². The molecule has 1 aromatic carbocycles. The van der Waals surface area contributed by atoms with Gasteiger partial charge in [0, 0.05) is 24.5 Å². The topological polar surface area (TPSA) is 88.4 Å². The van der Waals surface area contributed by atoms with Gasteiger partial charge in [-0.2, -0.15) is 0 Å². The molecule has 0 bridgehead atoms. The summed E-state index contributed by atoms with van der Waals surface area (Å²) in [6.45, 7) is 0.850. The van der Waals surface area contributed by atoms with Gasteiger partial charge in [-0.15, -0.1) is 12.4 Å². The molecule has 0 unspecified atom stereocenters. The van der Waals surface area contributed by atoms with Gasteiger partial charge in [-0.1, -0.05) is 0 Å². The SMILES string of the molecule is CNCCNS(=O)(=O)c1ccc2oc(=O)ccc2c1.Cl. The Morgan fingerprint density at radius 3 is 2.60 bits per heavy atom. The van der Waals surface area contributed by atoms with Gasteiger partial charge in [-0.3, -0.25) is 0 Å². The van der Waals surface area contributed by atoms with E-state index in [0.29, 0.717) is 24.1 Å². The number of rotatable bonds is 5. The Balaban J connectivity index is 0.00000200. The molecule has 0 atom stereocenters. The summed E-state index contributed by atoms with van der Waals surface area (Å²) in [5, 5.41) is 3.42. The van der Waals surface area contributed by atoms with Gasteiger partial charge < -0.3 is 9.73 Å². The normalized spacial score (nSPS) is 11.2. The molecular formula is C12H15ClN2O4S. The van der Waals surface area contributed by atoms with E-state index >= 15 is 0 Å². The molecular weight excluding hydrogens is 304 g/mol. The lowest BCUT2D eigenvalue weighted by Crippen LogP contribution is -2.30. The quantitative estimate of drug-likeness (QED) is 0.626. The molecule has 0 aliphatic rings. The van der Waals surface area contributed by atoms with Gasteiger partial charge in [0.2, 0.25) is 10.0 Å². The van der Waals surface area contributed by atoms with Crippen molar-refractivity contribution in [2.24, 2.45) is 0 Å². The van der Waals surface area contributed by atoms with Crippen molar-refractivity contribution < 1.29 is 12.8 Å². The second kappa shape index (κ2) is 6.85. The molecule has 0 saturated heterocycles. The summed E-state index contributed by atoms with van der Waals surface area (Å²) in [4.78, 5) is 11.2. The first kappa shape index (κ1) is 16.6. The summed E-state index contributed by atoms with van der Waals surface area (Å²) in [7, 11) is -1.80. The summed E-state index contributed by atoms with van der Waals surface area (Å²) in [6.07, 6.45) is 0. The van der Waals surface area contributed by atoms with Crippen LogP contribution in [0, 0.1) is 0 Å². The lowest BCUT2D eigenvalue weighted by Gasteiger charge is -2.07. The van der Waals surface area contributed by atoms with Gasteiger partial charge >= 0.3 is 5.63 Å². The Hall–Kier alpha value is -1.41. The van der Waals surface area contributed by atoms with Crippen molar-refractivity contribution in [3.8, 4) is 0 Å². The highest BCUT2D eigenvalue weighted by atomic mass is 35.5. The van der Waals surface area contributed by atoms with Crippen molar-refractivity contribution in [2.75, 3.05) is 20.1 Å². The van der Waals surface area contributed by atoms with Crippen LogP contribution in [-0.4, -0.2) is 28.6 Å². The van der Waals surface area contributed by atoms with Gasteiger partial charge in [0.15, 0.2) is 0 Å². The predicted molar refractivity (Wildman–Crippen MR) is 78.8 cm³/mol. The molecule has 2 rings (SSSR count). The first-order chi connectivity index (χ1) is 9.03. The third kappa shape index (κ3) is 3.80. The Bertz CT molecular complexity index is 742. The molecule has 0 fully saturated rings. The average molecular weight is 319 g/mol. The zero-order chi connectivity index (χ0) is 13.9. The van der Waals surface area contributed by atoms with Crippen molar-refractivity contribution in [1.82, 2.24) is 10.0 Å². The van der Waals surface area contributed by atoms with Crippen LogP contribution in [0.25, 0.3) is 11.0 Å². The minimum Gasteiger partial charge on any atom is -0.423 e. The molecule has 0 spiro atoms. The van der Waals surface area contributed by atoms with Gasteiger partial charge in [0.25, 0.3) is 0 Å². The molecule has 1 aromatic heterocycles. The Morgan fingerprint density at radius 2 is 1.90 bits per heavy atom. The fourth-order valence-corrected chi connectivity index (χ4v) is 2.68. The molecule has 1 heterocycles. The molecule has 2 N–H and O–H groups in total. The van der Waals surface area contributed by atoms with Crippen molar-refractivity contribution in [1.29, 1.82) is 0 Å². The maximum absolute atomic E-state index is 12.0. The fraction of sp³-hybridized carbons (Fsp3) is 0.250. The van der Waals surface area contributed by atoms with E-state index in [1.165, 1.54) is 30.3 Å². The molecule has 110 valence electrons. The summed E-state index contributed by atoms with van der Waals surface area (Å²) in [6, 6.07) is 7.15. The van der Waals surface area contributed by atoms with E-state index in [9.17, 15) is 13.2 Å². The number of benzene rings is 1. The van der Waals surface area contributed by atoms with Gasteiger partial charge in [0.05, 0.1) is 4.90 Å². The van der Waals surface area contributed by atoms with E-state index in [1.54, 1.807) is 7.05 Å². The van der Waals surface area contributed by atoms with E-state index in [1.807, 2.05) is 0 Å². The Labute approximate surface area is 122 Å². The maximum Gasteiger partial charge on any atom is 0.336 e. The first-order valence-electron chi connectivity index (χ1n) is 5.71. The highest BCUT2D eigenvalue weighted by molar-refractivity contribution is 7.89. The van der Waals surface area contributed by atoms with Gasteiger partial charge in [-0.25, -0.2) is 17.9 Å². The summed E-state index contributed by atoms with van der Waals surface area (Å²) in [5.74, 6) is 0. The molecule has 6 nitrogen and oxygen atoms in total. The van der Waals surface area contributed by atoms with Crippen LogP contribution in [0.1, 0.15) is 0 Å². The van der Waals surface area contributed by atoms with E-state index in [0.717, 1.165) is 0 Å². The van der Waals surface area contributed by atoms with Crippen molar-refractivity contribution in [3.63, 3.8) is 0 Å². The summed E-state index contributed by atoms with van der Waals surface area (Å²) in [5.41, 5.74) is -0.100. The van der Waals surface area contributed by atoms with Crippen LogP contribution >= 0.6 is 12.4 Å². The number of nitrogens with one attached hydrogen (secondary N) is 2. The van der Waals surface area contributed by atoms with Gasteiger partial charge in [-0.05, 0) is 31.3 Å². The second-order valence-electron chi connectivity index (χ2n) is 3.96. The van der Waals surface area contributed by atoms with Crippen LogP contribution in [0.2, 0.25) is 0 Å². The molecule has 0 saturated carbocycles. The standard InChI is InChI=1S/C12H14N2O4S.ClH/c1-13-6-7-14-19(16,17)10-3-4-11-9(8-10)2-5-12(15)18-11;/h2-5,8,13-14H,6-7H2,1H3;1H. The zero-order valence-electron chi connectivity index (χ0n) is 10.8. The number of hydrogen-bond acceptors (Lipinski definition) is 5. The number of hydrogen-bond donors (Lipinski definition) is 2. The molecule has 0 radical (unpaired) electrons. The highest BCUT2D eigenvalue weighted by Crippen LogP contribution is 2.17. The number of halogens is 1. The number of likely N-dealkylation sites (N-methyl/N-ethyl adjacent to an activating group) is 1. The third-order valence-corrected chi connectivity index (χ3v) is 4.03. The zero-order valence-corrected chi connectivity index (χ0v) is 12.4. The summed E-state index contributed by atoms with van der Waals surface area (Å²) < 4.78 is 31.4. The van der Waals surface area contributed by atoms with E-state index in [2.05, 4.69) is 10.0 Å². The highest BCUT2D eigenvalue weighted by Gasteiger charge is 2.13. The maximum atomic E-state index is 12.0. The van der Waals surface area contributed by atoms with E-state index in [4.69, 9.17) is 4.42 Å². The van der Waals surface area contributed by atoms with Crippen molar-refractivity contribution in [2.45, 2.75) is 4.90 Å². The second-order valence-corrected chi connectivity index (χ2v) is 5.72. The molecule has 8 heteroatoms. The molecule has 0 aliphatic heterocycles. The molecule has 20 heavy (non-hydrogen) atoms. The van der Waals surface area contributed by atoms with Crippen LogP contribution in [0.15, 0.2) is 44.4 Å². The van der Waals surface area contributed by atoms with Gasteiger partial charge in [0.1, 0.15) is 5.58 Å². The average Bonchev–Trinajstić information content (AvgIpc) is 2.38. The fourth-order valence-electron chi connectivity index (χ4n) is 1.61. The lowest BCUT2D eigenvalue weighted by molar-refractivity contribution is 0.560. The van der Waals surface area contributed by atoms with Crippen LogP contribution in [0.3, 0.4) is 0 Å². The Kier molecular flexibility index (Phi) is 5.70.